The molecule has 3 rings (SSSR count). The standard InChI is InChI=1S/C9H8IN3O4/c10-3-2-13-5-1-4(12-16)7(17-5)6(14)8(13)11-9(3)15/h2,4-5,7,14H,1H2,(H,11,15). The van der Waals surface area contributed by atoms with Crippen molar-refractivity contribution in [1.82, 2.24) is 10.2 Å². The zero-order chi connectivity index (χ0) is 12.2. The number of carbonyl (C=O) groups excluding carboxylic acids is 1. The number of fused-ring (bicyclic) bond motifs is 4. The lowest BCUT2D eigenvalue weighted by atomic mass is 10.1. The third-order valence-corrected chi connectivity index (χ3v) is 3.78. The molecule has 3 aliphatic heterocycles. The third-order valence-electron chi connectivity index (χ3n) is 3.01. The molecule has 3 atom stereocenters. The number of carbonyl (C=O) groups is 1. The average molecular weight is 349 g/mol. The number of aliphatic hydroxyl groups is 1. The Morgan fingerprint density at radius 1 is 1.65 bits per heavy atom. The van der Waals surface area contributed by atoms with Crippen LogP contribution in [-0.2, 0) is 9.53 Å². The molecule has 1 saturated heterocycles. The van der Waals surface area contributed by atoms with E-state index in [2.05, 4.69) is 10.5 Å². The van der Waals surface area contributed by atoms with Crippen LogP contribution in [0.5, 0.6) is 0 Å². The first kappa shape index (κ1) is 11.0. The van der Waals surface area contributed by atoms with Gasteiger partial charge in [0.15, 0.2) is 11.6 Å². The summed E-state index contributed by atoms with van der Waals surface area (Å²) in [5.41, 5.74) is 0. The zero-order valence-corrected chi connectivity index (χ0v) is 10.6. The van der Waals surface area contributed by atoms with Crippen LogP contribution < -0.4 is 5.32 Å². The molecule has 3 aliphatic rings. The lowest BCUT2D eigenvalue weighted by Gasteiger charge is -2.36. The van der Waals surface area contributed by atoms with Crippen LogP contribution in [0.3, 0.4) is 0 Å². The predicted octanol–water partition coefficient (Wildman–Crippen LogP) is 0.685. The first-order valence-corrected chi connectivity index (χ1v) is 6.07. The van der Waals surface area contributed by atoms with E-state index in [0.717, 1.165) is 0 Å². The van der Waals surface area contributed by atoms with E-state index < -0.39 is 12.1 Å². The Balaban J connectivity index is 2.06. The Bertz CT molecular complexity index is 475. The Hall–Kier alpha value is -1.16. The monoisotopic (exact) mass is 349 g/mol. The van der Waals surface area contributed by atoms with E-state index in [0.29, 0.717) is 15.8 Å². The maximum atomic E-state index is 11.5. The molecule has 17 heavy (non-hydrogen) atoms. The molecule has 0 spiro atoms. The van der Waals surface area contributed by atoms with Crippen molar-refractivity contribution in [3.05, 3.63) is 26.3 Å². The van der Waals surface area contributed by atoms with Gasteiger partial charge >= 0.3 is 0 Å². The highest BCUT2D eigenvalue weighted by atomic mass is 127. The summed E-state index contributed by atoms with van der Waals surface area (Å²) < 4.78 is 5.98. The molecule has 90 valence electrons. The van der Waals surface area contributed by atoms with E-state index in [1.807, 2.05) is 22.6 Å². The smallest absolute Gasteiger partial charge is 0.264 e. The molecule has 3 unspecified atom stereocenters. The minimum Gasteiger partial charge on any atom is -0.506 e. The quantitative estimate of drug-likeness (QED) is 0.537. The number of rotatable bonds is 1. The molecule has 0 saturated carbocycles. The number of ether oxygens (including phenoxy) is 1. The van der Waals surface area contributed by atoms with Gasteiger partial charge in [0.25, 0.3) is 5.91 Å². The summed E-state index contributed by atoms with van der Waals surface area (Å²) in [5.74, 6) is -0.125. The molecule has 0 aromatic heterocycles. The van der Waals surface area contributed by atoms with E-state index in [1.54, 1.807) is 11.1 Å². The summed E-state index contributed by atoms with van der Waals surface area (Å²) >= 11 is 1.90. The first-order chi connectivity index (χ1) is 8.11. The molecule has 2 N–H and O–H groups in total. The van der Waals surface area contributed by atoms with Crippen molar-refractivity contribution in [2.75, 3.05) is 0 Å². The molecule has 3 heterocycles. The average Bonchev–Trinajstić information content (AvgIpc) is 2.70. The minimum absolute atomic E-state index is 0.142. The van der Waals surface area contributed by atoms with Crippen LogP contribution in [0.4, 0.5) is 0 Å². The second kappa shape index (κ2) is 3.67. The fourth-order valence-electron chi connectivity index (χ4n) is 2.21. The number of nitrogens with zero attached hydrogens (tertiary/aromatic N) is 2. The molecule has 0 aromatic carbocycles. The molecular formula is C9H8IN3O4. The van der Waals surface area contributed by atoms with Gasteiger partial charge in [-0.05, 0) is 22.6 Å². The number of nitrogens with one attached hydrogen (secondary N) is 1. The van der Waals surface area contributed by atoms with Crippen LogP contribution in [-0.4, -0.2) is 34.3 Å². The van der Waals surface area contributed by atoms with Crippen molar-refractivity contribution in [2.24, 2.45) is 5.18 Å². The maximum absolute atomic E-state index is 11.5. The van der Waals surface area contributed by atoms with Gasteiger partial charge in [-0.3, -0.25) is 4.79 Å². The van der Waals surface area contributed by atoms with Crippen molar-refractivity contribution in [2.45, 2.75) is 24.8 Å². The molecular weight excluding hydrogens is 341 g/mol. The highest BCUT2D eigenvalue weighted by Crippen LogP contribution is 2.38. The summed E-state index contributed by atoms with van der Waals surface area (Å²) in [7, 11) is 0. The van der Waals surface area contributed by atoms with Crippen molar-refractivity contribution in [1.29, 1.82) is 0 Å². The zero-order valence-electron chi connectivity index (χ0n) is 8.46. The minimum atomic E-state index is -0.742. The largest absolute Gasteiger partial charge is 0.506 e. The molecule has 2 bridgehead atoms. The van der Waals surface area contributed by atoms with E-state index in [1.165, 1.54) is 0 Å². The maximum Gasteiger partial charge on any atom is 0.264 e. The summed E-state index contributed by atoms with van der Waals surface area (Å²) in [4.78, 5) is 23.8. The number of hydrogen-bond donors (Lipinski definition) is 2. The van der Waals surface area contributed by atoms with E-state index in [9.17, 15) is 14.8 Å². The van der Waals surface area contributed by atoms with Gasteiger partial charge in [0.05, 0.1) is 3.58 Å². The van der Waals surface area contributed by atoms with Crippen LogP contribution in [0, 0.1) is 4.91 Å². The Morgan fingerprint density at radius 2 is 2.41 bits per heavy atom. The Labute approximate surface area is 110 Å². The SMILES string of the molecule is O=NC1CC2OC1C(O)=C1NC(=O)C(I)=CN12. The summed E-state index contributed by atoms with van der Waals surface area (Å²) in [6, 6.07) is -0.610. The Morgan fingerprint density at radius 3 is 3.12 bits per heavy atom. The van der Waals surface area contributed by atoms with Gasteiger partial charge in [0, 0.05) is 12.6 Å². The van der Waals surface area contributed by atoms with Crippen LogP contribution in [0.2, 0.25) is 0 Å². The van der Waals surface area contributed by atoms with Gasteiger partial charge in [-0.15, -0.1) is 0 Å². The van der Waals surface area contributed by atoms with Gasteiger partial charge in [-0.2, -0.15) is 4.91 Å². The second-order valence-corrected chi connectivity index (χ2v) is 5.15. The lowest BCUT2D eigenvalue weighted by molar-refractivity contribution is -0.119. The molecule has 1 amide bonds. The molecule has 7 nitrogen and oxygen atoms in total. The fraction of sp³-hybridized carbons (Fsp3) is 0.444. The van der Waals surface area contributed by atoms with Crippen LogP contribution in [0.15, 0.2) is 26.5 Å². The van der Waals surface area contributed by atoms with E-state index >= 15 is 0 Å². The van der Waals surface area contributed by atoms with Gasteiger partial charge in [-0.1, -0.05) is 5.18 Å². The summed E-state index contributed by atoms with van der Waals surface area (Å²) in [5, 5.41) is 15.5. The lowest BCUT2D eigenvalue weighted by Crippen LogP contribution is -2.47. The molecule has 0 radical (unpaired) electrons. The third kappa shape index (κ3) is 1.47. The van der Waals surface area contributed by atoms with Crippen LogP contribution in [0.1, 0.15) is 6.42 Å². The van der Waals surface area contributed by atoms with Crippen molar-refractivity contribution in [3.8, 4) is 0 Å². The molecule has 0 aromatic rings. The predicted molar refractivity (Wildman–Crippen MR) is 64.6 cm³/mol. The fourth-order valence-corrected chi connectivity index (χ4v) is 2.64. The second-order valence-electron chi connectivity index (χ2n) is 3.99. The summed E-state index contributed by atoms with van der Waals surface area (Å²) in [6.45, 7) is 0. The van der Waals surface area contributed by atoms with Crippen molar-refractivity contribution in [3.63, 3.8) is 0 Å². The highest BCUT2D eigenvalue weighted by Gasteiger charge is 2.49. The van der Waals surface area contributed by atoms with Gasteiger partial charge in [0.1, 0.15) is 18.4 Å². The highest BCUT2D eigenvalue weighted by molar-refractivity contribution is 14.1. The number of halogens is 1. The Kier molecular flexibility index (Phi) is 2.36. The first-order valence-electron chi connectivity index (χ1n) is 5.00. The van der Waals surface area contributed by atoms with Gasteiger partial charge < -0.3 is 20.1 Å². The molecule has 8 heteroatoms. The topological polar surface area (TPSA) is 91.2 Å². The van der Waals surface area contributed by atoms with Crippen molar-refractivity contribution < 1.29 is 14.6 Å². The normalized spacial score (nSPS) is 35.4. The van der Waals surface area contributed by atoms with Crippen LogP contribution >= 0.6 is 22.6 Å². The number of amides is 1. The molecule has 1 fully saturated rings. The summed E-state index contributed by atoms with van der Waals surface area (Å²) in [6.07, 6.45) is 0.893. The number of aliphatic hydroxyl groups excluding tert-OH is 1. The van der Waals surface area contributed by atoms with E-state index in [-0.39, 0.29) is 17.9 Å². The number of nitroso groups, excluding NO2 is 1. The van der Waals surface area contributed by atoms with Crippen molar-refractivity contribution >= 4 is 28.5 Å². The van der Waals surface area contributed by atoms with Gasteiger partial charge in [-0.25, -0.2) is 0 Å². The van der Waals surface area contributed by atoms with E-state index in [4.69, 9.17) is 4.74 Å². The van der Waals surface area contributed by atoms with Crippen LogP contribution in [0.25, 0.3) is 0 Å². The molecule has 0 aliphatic carbocycles. The van der Waals surface area contributed by atoms with Gasteiger partial charge in [0.2, 0.25) is 0 Å². The number of hydrogen-bond acceptors (Lipinski definition) is 6.